The Morgan fingerprint density at radius 1 is 1.19 bits per heavy atom. The third-order valence-electron chi connectivity index (χ3n) is 2.01. The Kier molecular flexibility index (Phi) is 2.82. The van der Waals surface area contributed by atoms with E-state index in [-0.39, 0.29) is 5.84 Å². The first-order chi connectivity index (χ1) is 7.75. The summed E-state index contributed by atoms with van der Waals surface area (Å²) >= 11 is 0. The number of pyridine rings is 1. The molecule has 4 heteroatoms. The van der Waals surface area contributed by atoms with Gasteiger partial charge in [0.05, 0.1) is 0 Å². The molecule has 1 aromatic carbocycles. The van der Waals surface area contributed by atoms with Crippen LogP contribution in [0.25, 0.3) is 0 Å². The van der Waals surface area contributed by atoms with Gasteiger partial charge in [0, 0.05) is 17.8 Å². The van der Waals surface area contributed by atoms with Crippen LogP contribution in [0.2, 0.25) is 0 Å². The number of benzene rings is 1. The van der Waals surface area contributed by atoms with Gasteiger partial charge in [-0.05, 0) is 18.2 Å². The van der Waals surface area contributed by atoms with Gasteiger partial charge in [-0.15, -0.1) is 0 Å². The van der Waals surface area contributed by atoms with Crippen molar-refractivity contribution in [2.24, 2.45) is 5.73 Å². The van der Waals surface area contributed by atoms with E-state index in [9.17, 15) is 0 Å². The lowest BCUT2D eigenvalue weighted by molar-refractivity contribution is 0.463. The van der Waals surface area contributed by atoms with Crippen LogP contribution in [-0.2, 0) is 0 Å². The average Bonchev–Trinajstić information content (AvgIpc) is 2.30. The van der Waals surface area contributed by atoms with Crippen LogP contribution >= 0.6 is 0 Å². The second-order valence-corrected chi connectivity index (χ2v) is 3.21. The summed E-state index contributed by atoms with van der Waals surface area (Å²) in [5.74, 6) is 1.13. The van der Waals surface area contributed by atoms with Gasteiger partial charge in [0.15, 0.2) is 0 Å². The van der Waals surface area contributed by atoms with Crippen LogP contribution in [0.15, 0.2) is 48.7 Å². The first-order valence-electron chi connectivity index (χ1n) is 4.79. The van der Waals surface area contributed by atoms with Crippen LogP contribution in [0.4, 0.5) is 0 Å². The van der Waals surface area contributed by atoms with Crippen molar-refractivity contribution < 1.29 is 4.74 Å². The van der Waals surface area contributed by atoms with E-state index in [0.29, 0.717) is 17.2 Å². The van der Waals surface area contributed by atoms with Gasteiger partial charge in [-0.2, -0.15) is 0 Å². The number of hydrogen-bond acceptors (Lipinski definition) is 3. The number of nitrogen functional groups attached to an aromatic ring is 1. The molecule has 0 aliphatic carbocycles. The number of para-hydroxylation sites is 1. The van der Waals surface area contributed by atoms with Crippen molar-refractivity contribution in [2.45, 2.75) is 0 Å². The van der Waals surface area contributed by atoms with Crippen molar-refractivity contribution in [3.05, 3.63) is 54.2 Å². The van der Waals surface area contributed by atoms with Gasteiger partial charge in [-0.3, -0.25) is 5.41 Å². The lowest BCUT2D eigenvalue weighted by atomic mass is 10.2. The standard InChI is InChI=1S/C12H11N3O/c13-12(14)9-6-7-15-11(8-9)16-10-4-2-1-3-5-10/h1-8H,(H3,13,14). The highest BCUT2D eigenvalue weighted by Gasteiger charge is 2.01. The van der Waals surface area contributed by atoms with E-state index in [1.165, 1.54) is 0 Å². The SMILES string of the molecule is N=C(N)c1ccnc(Oc2ccccc2)c1. The number of ether oxygens (including phenoxy) is 1. The largest absolute Gasteiger partial charge is 0.439 e. The average molecular weight is 213 g/mol. The van der Waals surface area contributed by atoms with Crippen molar-refractivity contribution >= 4 is 5.84 Å². The molecule has 0 fully saturated rings. The molecular weight excluding hydrogens is 202 g/mol. The fraction of sp³-hybridized carbons (Fsp3) is 0. The van der Waals surface area contributed by atoms with Crippen LogP contribution in [0.3, 0.4) is 0 Å². The normalized spacial score (nSPS) is 9.75. The summed E-state index contributed by atoms with van der Waals surface area (Å²) in [6.07, 6.45) is 1.56. The summed E-state index contributed by atoms with van der Waals surface area (Å²) < 4.78 is 5.51. The highest BCUT2D eigenvalue weighted by Crippen LogP contribution is 2.18. The molecule has 0 atom stereocenters. The minimum Gasteiger partial charge on any atom is -0.439 e. The van der Waals surface area contributed by atoms with Crippen LogP contribution in [0.5, 0.6) is 11.6 Å². The first kappa shape index (κ1) is 10.2. The van der Waals surface area contributed by atoms with E-state index in [1.54, 1.807) is 18.3 Å². The molecule has 3 N–H and O–H groups in total. The number of rotatable bonds is 3. The lowest BCUT2D eigenvalue weighted by Gasteiger charge is -2.05. The summed E-state index contributed by atoms with van der Waals surface area (Å²) in [4.78, 5) is 4.04. The van der Waals surface area contributed by atoms with E-state index >= 15 is 0 Å². The van der Waals surface area contributed by atoms with Crippen molar-refractivity contribution in [1.29, 1.82) is 5.41 Å². The lowest BCUT2D eigenvalue weighted by Crippen LogP contribution is -2.11. The highest BCUT2D eigenvalue weighted by molar-refractivity contribution is 5.95. The van der Waals surface area contributed by atoms with E-state index < -0.39 is 0 Å². The molecule has 80 valence electrons. The molecule has 0 saturated heterocycles. The molecule has 1 aromatic heterocycles. The predicted molar refractivity (Wildman–Crippen MR) is 61.8 cm³/mol. The van der Waals surface area contributed by atoms with Crippen LogP contribution in [0, 0.1) is 5.41 Å². The maximum atomic E-state index is 7.31. The second-order valence-electron chi connectivity index (χ2n) is 3.21. The predicted octanol–water partition coefficient (Wildman–Crippen LogP) is 2.16. The topological polar surface area (TPSA) is 72.0 Å². The second kappa shape index (κ2) is 4.44. The molecule has 0 bridgehead atoms. The Morgan fingerprint density at radius 3 is 2.62 bits per heavy atom. The van der Waals surface area contributed by atoms with Gasteiger partial charge in [0.25, 0.3) is 0 Å². The molecule has 2 aromatic rings. The number of nitrogens with two attached hydrogens (primary N) is 1. The Bertz CT molecular complexity index is 497. The number of aromatic nitrogens is 1. The molecule has 0 unspecified atom stereocenters. The monoisotopic (exact) mass is 213 g/mol. The molecule has 16 heavy (non-hydrogen) atoms. The third-order valence-corrected chi connectivity index (χ3v) is 2.01. The summed E-state index contributed by atoms with van der Waals surface area (Å²) in [6.45, 7) is 0. The van der Waals surface area contributed by atoms with Gasteiger partial charge in [-0.1, -0.05) is 18.2 Å². The zero-order valence-electron chi connectivity index (χ0n) is 8.55. The van der Waals surface area contributed by atoms with Crippen molar-refractivity contribution in [2.75, 3.05) is 0 Å². The van der Waals surface area contributed by atoms with Crippen molar-refractivity contribution in [3.63, 3.8) is 0 Å². The van der Waals surface area contributed by atoms with Crippen molar-refractivity contribution in [1.82, 2.24) is 4.98 Å². The Morgan fingerprint density at radius 2 is 1.94 bits per heavy atom. The molecule has 0 saturated carbocycles. The molecular formula is C12H11N3O. The van der Waals surface area contributed by atoms with E-state index in [1.807, 2.05) is 30.3 Å². The summed E-state index contributed by atoms with van der Waals surface area (Å²) in [6, 6.07) is 12.6. The van der Waals surface area contributed by atoms with Crippen LogP contribution in [-0.4, -0.2) is 10.8 Å². The number of amidine groups is 1. The third kappa shape index (κ3) is 2.36. The van der Waals surface area contributed by atoms with Gasteiger partial charge < -0.3 is 10.5 Å². The Balaban J connectivity index is 2.22. The summed E-state index contributed by atoms with van der Waals surface area (Å²) in [5.41, 5.74) is 5.97. The molecule has 0 aliphatic rings. The molecule has 2 rings (SSSR count). The zero-order valence-corrected chi connectivity index (χ0v) is 8.55. The van der Waals surface area contributed by atoms with Gasteiger partial charge in [0.2, 0.25) is 5.88 Å². The van der Waals surface area contributed by atoms with E-state index in [0.717, 1.165) is 0 Å². The molecule has 0 spiro atoms. The highest BCUT2D eigenvalue weighted by atomic mass is 16.5. The first-order valence-corrected chi connectivity index (χ1v) is 4.79. The van der Waals surface area contributed by atoms with Gasteiger partial charge >= 0.3 is 0 Å². The molecule has 4 nitrogen and oxygen atoms in total. The maximum absolute atomic E-state index is 7.31. The minimum absolute atomic E-state index is 0.000289. The fourth-order valence-electron chi connectivity index (χ4n) is 1.24. The summed E-state index contributed by atoms with van der Waals surface area (Å²) in [7, 11) is 0. The quantitative estimate of drug-likeness (QED) is 0.606. The Hall–Kier alpha value is -2.36. The zero-order chi connectivity index (χ0) is 11.4. The van der Waals surface area contributed by atoms with Crippen LogP contribution < -0.4 is 10.5 Å². The van der Waals surface area contributed by atoms with Gasteiger partial charge in [-0.25, -0.2) is 4.98 Å². The summed E-state index contributed by atoms with van der Waals surface area (Å²) in [5, 5.41) is 7.31. The molecule has 0 radical (unpaired) electrons. The number of hydrogen-bond donors (Lipinski definition) is 2. The molecule has 1 heterocycles. The smallest absolute Gasteiger partial charge is 0.219 e. The van der Waals surface area contributed by atoms with E-state index in [4.69, 9.17) is 15.9 Å². The van der Waals surface area contributed by atoms with Crippen molar-refractivity contribution in [3.8, 4) is 11.6 Å². The molecule has 0 amide bonds. The number of nitrogens with zero attached hydrogens (tertiary/aromatic N) is 1. The van der Waals surface area contributed by atoms with Crippen LogP contribution in [0.1, 0.15) is 5.56 Å². The minimum atomic E-state index is 0.000289. The maximum Gasteiger partial charge on any atom is 0.219 e. The number of nitrogens with one attached hydrogen (secondary N) is 1. The Labute approximate surface area is 93.2 Å². The van der Waals surface area contributed by atoms with E-state index in [2.05, 4.69) is 4.98 Å². The molecule has 0 aliphatic heterocycles. The van der Waals surface area contributed by atoms with Gasteiger partial charge in [0.1, 0.15) is 11.6 Å². The fourth-order valence-corrected chi connectivity index (χ4v) is 1.24.